The quantitative estimate of drug-likeness (QED) is 0.419. The summed E-state index contributed by atoms with van der Waals surface area (Å²) in [6.07, 6.45) is 0. The normalized spacial score (nSPS) is 9.73. The maximum absolute atomic E-state index is 11.7. The Balaban J connectivity index is 2.62. The van der Waals surface area contributed by atoms with E-state index in [0.717, 1.165) is 24.6 Å². The zero-order valence-electron chi connectivity index (χ0n) is 13.0. The molecule has 1 aromatic carbocycles. The van der Waals surface area contributed by atoms with Crippen LogP contribution < -0.4 is 21.7 Å². The Morgan fingerprint density at radius 3 is 2.14 bits per heavy atom. The largest absolute Gasteiger partial charge is 0.368 e. The summed E-state index contributed by atoms with van der Waals surface area (Å²) in [6, 6.07) is 7.05. The van der Waals surface area contributed by atoms with Crippen LogP contribution in [0, 0.1) is 0 Å². The van der Waals surface area contributed by atoms with Gasteiger partial charge in [-0.3, -0.25) is 9.59 Å². The lowest BCUT2D eigenvalue weighted by Crippen LogP contribution is -2.36. The van der Waals surface area contributed by atoms with Crippen LogP contribution in [0.3, 0.4) is 0 Å². The second-order valence-electron chi connectivity index (χ2n) is 4.57. The van der Waals surface area contributed by atoms with Crippen molar-refractivity contribution in [1.29, 1.82) is 0 Å². The maximum atomic E-state index is 11.7. The summed E-state index contributed by atoms with van der Waals surface area (Å²) in [5, 5.41) is 8.72. The van der Waals surface area contributed by atoms with Gasteiger partial charge in [-0.25, -0.2) is 4.99 Å². The number of amides is 2. The van der Waals surface area contributed by atoms with Crippen molar-refractivity contribution < 1.29 is 9.59 Å². The van der Waals surface area contributed by atoms with Gasteiger partial charge in [-0.2, -0.15) is 0 Å². The molecule has 1 rings (SSSR count). The molecule has 5 N–H and O–H groups in total. The number of hydrogen-bond acceptors (Lipinski definition) is 3. The van der Waals surface area contributed by atoms with E-state index in [1.807, 2.05) is 26.0 Å². The Morgan fingerprint density at radius 2 is 1.64 bits per heavy atom. The number of nitrogens with two attached hydrogens (primary N) is 1. The van der Waals surface area contributed by atoms with Crippen molar-refractivity contribution in [1.82, 2.24) is 16.0 Å². The predicted octanol–water partition coefficient (Wildman–Crippen LogP) is -0.0233. The van der Waals surface area contributed by atoms with E-state index in [2.05, 4.69) is 20.9 Å². The SMILES string of the molecule is CCNC(=NCc1ccc(C(=O)NCC(N)=O)cc1)NCC. The van der Waals surface area contributed by atoms with Crippen molar-refractivity contribution in [2.24, 2.45) is 10.7 Å². The first-order valence-corrected chi connectivity index (χ1v) is 7.24. The summed E-state index contributed by atoms with van der Waals surface area (Å²) in [5.41, 5.74) is 6.44. The highest BCUT2D eigenvalue weighted by molar-refractivity contribution is 5.96. The highest BCUT2D eigenvalue weighted by Crippen LogP contribution is 2.05. The van der Waals surface area contributed by atoms with Gasteiger partial charge in [0.15, 0.2) is 5.96 Å². The van der Waals surface area contributed by atoms with Gasteiger partial charge in [-0.15, -0.1) is 0 Å². The minimum Gasteiger partial charge on any atom is -0.368 e. The lowest BCUT2D eigenvalue weighted by Gasteiger charge is -2.09. The molecule has 0 unspecified atom stereocenters. The van der Waals surface area contributed by atoms with Crippen LogP contribution in [-0.4, -0.2) is 37.4 Å². The molecule has 120 valence electrons. The van der Waals surface area contributed by atoms with E-state index in [-0.39, 0.29) is 12.5 Å². The van der Waals surface area contributed by atoms with Crippen LogP contribution >= 0.6 is 0 Å². The van der Waals surface area contributed by atoms with E-state index in [1.54, 1.807) is 12.1 Å². The van der Waals surface area contributed by atoms with Gasteiger partial charge in [0.05, 0.1) is 13.1 Å². The van der Waals surface area contributed by atoms with Crippen molar-refractivity contribution in [2.75, 3.05) is 19.6 Å². The van der Waals surface area contributed by atoms with Crippen molar-refractivity contribution in [3.05, 3.63) is 35.4 Å². The molecule has 0 aliphatic carbocycles. The Hall–Kier alpha value is -2.57. The van der Waals surface area contributed by atoms with Gasteiger partial charge in [0.2, 0.25) is 5.91 Å². The third kappa shape index (κ3) is 6.25. The summed E-state index contributed by atoms with van der Waals surface area (Å²) < 4.78 is 0. The molecule has 0 atom stereocenters. The second-order valence-corrected chi connectivity index (χ2v) is 4.57. The molecule has 1 aromatic rings. The third-order valence-corrected chi connectivity index (χ3v) is 2.75. The molecule has 0 spiro atoms. The molecule has 0 radical (unpaired) electrons. The standard InChI is InChI=1S/C15H23N5O2/c1-3-17-15(18-4-2)20-9-11-5-7-12(8-6-11)14(22)19-10-13(16)21/h5-8H,3-4,9-10H2,1-2H3,(H2,16,21)(H,19,22)(H2,17,18,20). The Kier molecular flexibility index (Phi) is 7.45. The van der Waals surface area contributed by atoms with Crippen LogP contribution in [0.4, 0.5) is 0 Å². The maximum Gasteiger partial charge on any atom is 0.251 e. The zero-order valence-corrected chi connectivity index (χ0v) is 13.0. The summed E-state index contributed by atoms with van der Waals surface area (Å²) in [6.45, 7) is 5.95. The monoisotopic (exact) mass is 305 g/mol. The Morgan fingerprint density at radius 1 is 1.05 bits per heavy atom. The molecule has 0 fully saturated rings. The molecule has 0 aromatic heterocycles. The fraction of sp³-hybridized carbons (Fsp3) is 0.400. The van der Waals surface area contributed by atoms with Gasteiger partial charge in [-0.1, -0.05) is 12.1 Å². The first-order chi connectivity index (χ1) is 10.6. The van der Waals surface area contributed by atoms with E-state index in [9.17, 15) is 9.59 Å². The molecule has 0 saturated heterocycles. The third-order valence-electron chi connectivity index (χ3n) is 2.75. The van der Waals surface area contributed by atoms with Crippen molar-refractivity contribution in [3.63, 3.8) is 0 Å². The summed E-state index contributed by atoms with van der Waals surface area (Å²) in [5.74, 6) is -0.137. The summed E-state index contributed by atoms with van der Waals surface area (Å²) >= 11 is 0. The predicted molar refractivity (Wildman–Crippen MR) is 86.5 cm³/mol. The number of carbonyl (C=O) groups is 2. The number of nitrogens with one attached hydrogen (secondary N) is 3. The molecule has 0 aliphatic heterocycles. The molecular formula is C15H23N5O2. The average Bonchev–Trinajstić information content (AvgIpc) is 2.51. The van der Waals surface area contributed by atoms with Gasteiger partial charge in [0, 0.05) is 18.7 Å². The van der Waals surface area contributed by atoms with Gasteiger partial charge in [0.25, 0.3) is 5.91 Å². The first-order valence-electron chi connectivity index (χ1n) is 7.24. The van der Waals surface area contributed by atoms with Crippen LogP contribution in [0.25, 0.3) is 0 Å². The van der Waals surface area contributed by atoms with Crippen LogP contribution in [0.2, 0.25) is 0 Å². The highest BCUT2D eigenvalue weighted by atomic mass is 16.2. The Labute approximate surface area is 130 Å². The molecule has 0 bridgehead atoms. The number of rotatable bonds is 7. The number of hydrogen-bond donors (Lipinski definition) is 4. The molecule has 7 nitrogen and oxygen atoms in total. The summed E-state index contributed by atoms with van der Waals surface area (Å²) in [4.78, 5) is 26.8. The molecule has 2 amide bonds. The van der Waals surface area contributed by atoms with Gasteiger partial charge in [0.1, 0.15) is 0 Å². The number of aliphatic imine (C=N–C) groups is 1. The molecule has 0 heterocycles. The van der Waals surface area contributed by atoms with Gasteiger partial charge >= 0.3 is 0 Å². The first kappa shape index (κ1) is 17.5. The number of benzene rings is 1. The average molecular weight is 305 g/mol. The van der Waals surface area contributed by atoms with Crippen LogP contribution in [0.5, 0.6) is 0 Å². The smallest absolute Gasteiger partial charge is 0.251 e. The molecule has 7 heteroatoms. The van der Waals surface area contributed by atoms with E-state index in [4.69, 9.17) is 5.73 Å². The highest BCUT2D eigenvalue weighted by Gasteiger charge is 2.06. The fourth-order valence-electron chi connectivity index (χ4n) is 1.71. The van der Waals surface area contributed by atoms with Crippen molar-refractivity contribution >= 4 is 17.8 Å². The van der Waals surface area contributed by atoms with E-state index in [0.29, 0.717) is 12.1 Å². The van der Waals surface area contributed by atoms with Crippen molar-refractivity contribution in [3.8, 4) is 0 Å². The van der Waals surface area contributed by atoms with Crippen LogP contribution in [-0.2, 0) is 11.3 Å². The zero-order chi connectivity index (χ0) is 16.4. The molecular weight excluding hydrogens is 282 g/mol. The van der Waals surface area contributed by atoms with Crippen molar-refractivity contribution in [2.45, 2.75) is 20.4 Å². The summed E-state index contributed by atoms with van der Waals surface area (Å²) in [7, 11) is 0. The minimum atomic E-state index is -0.571. The number of guanidine groups is 1. The minimum absolute atomic E-state index is 0.167. The van der Waals surface area contributed by atoms with E-state index in [1.165, 1.54) is 0 Å². The number of carbonyl (C=O) groups excluding carboxylic acids is 2. The molecule has 0 saturated carbocycles. The Bertz CT molecular complexity index is 517. The van der Waals surface area contributed by atoms with Crippen LogP contribution in [0.15, 0.2) is 29.3 Å². The molecule has 22 heavy (non-hydrogen) atoms. The molecule has 0 aliphatic rings. The van der Waals surface area contributed by atoms with Crippen LogP contribution in [0.1, 0.15) is 29.8 Å². The number of nitrogens with zero attached hydrogens (tertiary/aromatic N) is 1. The lowest BCUT2D eigenvalue weighted by atomic mass is 10.1. The van der Waals surface area contributed by atoms with Gasteiger partial charge < -0.3 is 21.7 Å². The van der Waals surface area contributed by atoms with E-state index >= 15 is 0 Å². The second kappa shape index (κ2) is 9.38. The topological polar surface area (TPSA) is 109 Å². The van der Waals surface area contributed by atoms with Gasteiger partial charge in [-0.05, 0) is 31.5 Å². The lowest BCUT2D eigenvalue weighted by molar-refractivity contribution is -0.117. The fourth-order valence-corrected chi connectivity index (χ4v) is 1.71. The van der Waals surface area contributed by atoms with E-state index < -0.39 is 5.91 Å². The number of primary amides is 1.